The summed E-state index contributed by atoms with van der Waals surface area (Å²) in [6, 6.07) is 59.6. The maximum absolute atomic E-state index is 7.16. The van der Waals surface area contributed by atoms with Crippen molar-refractivity contribution >= 4 is 86.0 Å². The Morgan fingerprint density at radius 3 is 1.84 bits per heavy atom. The molecule has 0 bridgehead atoms. The summed E-state index contributed by atoms with van der Waals surface area (Å²) in [5.41, 5.74) is 7.49. The van der Waals surface area contributed by atoms with Crippen LogP contribution in [0.25, 0.3) is 115 Å². The summed E-state index contributed by atoms with van der Waals surface area (Å²) in [6.07, 6.45) is 0. The molecule has 4 aromatic heterocycles. The summed E-state index contributed by atoms with van der Waals surface area (Å²) >= 11 is 1.79. The lowest BCUT2D eigenvalue weighted by atomic mass is 9.99. The summed E-state index contributed by atoms with van der Waals surface area (Å²) in [4.78, 5) is 15.6. The Kier molecular flexibility index (Phi) is 6.44. The van der Waals surface area contributed by atoms with Crippen LogP contribution in [0.1, 0.15) is 0 Å². The molecule has 12 aromatic rings. The second-order valence-electron chi connectivity index (χ2n) is 14.0. The molecule has 55 heavy (non-hydrogen) atoms. The van der Waals surface area contributed by atoms with E-state index in [1.54, 1.807) is 11.3 Å². The van der Waals surface area contributed by atoms with Gasteiger partial charge >= 0.3 is 0 Å². The number of benzene rings is 8. The Morgan fingerprint density at radius 1 is 0.418 bits per heavy atom. The van der Waals surface area contributed by atoms with E-state index < -0.39 is 0 Å². The van der Waals surface area contributed by atoms with Gasteiger partial charge in [0.05, 0.1) is 22.3 Å². The Labute approximate surface area is 318 Å². The number of nitrogens with zero attached hydrogens (tertiary/aromatic N) is 4. The van der Waals surface area contributed by atoms with Crippen molar-refractivity contribution in [3.05, 3.63) is 170 Å². The van der Waals surface area contributed by atoms with E-state index in [1.165, 1.54) is 30.9 Å². The summed E-state index contributed by atoms with van der Waals surface area (Å²) in [5.74, 6) is 1.79. The van der Waals surface area contributed by atoms with E-state index in [-0.39, 0.29) is 0 Å². The van der Waals surface area contributed by atoms with Crippen LogP contribution in [0.3, 0.4) is 0 Å². The van der Waals surface area contributed by atoms with Crippen molar-refractivity contribution < 1.29 is 4.42 Å². The van der Waals surface area contributed by atoms with Crippen LogP contribution >= 0.6 is 11.3 Å². The molecule has 0 radical (unpaired) electrons. The van der Waals surface area contributed by atoms with Gasteiger partial charge in [-0.05, 0) is 47.2 Å². The first-order chi connectivity index (χ1) is 27.3. The summed E-state index contributed by atoms with van der Waals surface area (Å²) in [6.45, 7) is 0. The van der Waals surface area contributed by atoms with E-state index in [1.807, 2.05) is 30.3 Å². The molecule has 0 aliphatic rings. The Bertz CT molecular complexity index is 3450. The second-order valence-corrected chi connectivity index (χ2v) is 15.0. The average molecular weight is 721 g/mol. The minimum absolute atomic E-state index is 0.563. The molecule has 0 unspecified atom stereocenters. The lowest BCUT2D eigenvalue weighted by Gasteiger charge is -2.10. The van der Waals surface area contributed by atoms with Crippen LogP contribution in [-0.4, -0.2) is 19.5 Å². The van der Waals surface area contributed by atoms with Crippen molar-refractivity contribution in [1.29, 1.82) is 0 Å². The third-order valence-electron chi connectivity index (χ3n) is 10.8. The molecular weight excluding hydrogens is 693 g/mol. The fourth-order valence-corrected chi connectivity index (χ4v) is 9.51. The largest absolute Gasteiger partial charge is 0.453 e. The molecule has 8 aromatic carbocycles. The predicted octanol–water partition coefficient (Wildman–Crippen LogP) is 13.4. The summed E-state index contributed by atoms with van der Waals surface area (Å²) in [7, 11) is 0. The zero-order valence-corrected chi connectivity index (χ0v) is 30.1. The van der Waals surface area contributed by atoms with Crippen molar-refractivity contribution in [2.75, 3.05) is 0 Å². The van der Waals surface area contributed by atoms with Crippen molar-refractivity contribution in [3.63, 3.8) is 0 Å². The molecule has 0 saturated heterocycles. The van der Waals surface area contributed by atoms with Crippen molar-refractivity contribution in [2.45, 2.75) is 0 Å². The van der Waals surface area contributed by atoms with Crippen LogP contribution < -0.4 is 0 Å². The molecular formula is C49H28N4OS. The fraction of sp³-hybridized carbons (Fsp3) is 0. The number of fused-ring (bicyclic) bond motifs is 11. The quantitative estimate of drug-likeness (QED) is 0.182. The Morgan fingerprint density at radius 2 is 1.04 bits per heavy atom. The highest BCUT2D eigenvalue weighted by Crippen LogP contribution is 2.44. The molecule has 4 heterocycles. The maximum atomic E-state index is 7.16. The molecule has 0 aliphatic heterocycles. The van der Waals surface area contributed by atoms with E-state index in [9.17, 15) is 0 Å². The third kappa shape index (κ3) is 4.55. The molecule has 6 heteroatoms. The molecule has 0 spiro atoms. The first-order valence-electron chi connectivity index (χ1n) is 18.4. The number of hydrogen-bond donors (Lipinski definition) is 0. The summed E-state index contributed by atoms with van der Waals surface area (Å²) < 4.78 is 12.0. The SMILES string of the molecule is c1ccc(-c2nc(-c3ccc4c(c3)sc3ccccc34)nc(-c3cc4ccccc4c4c3oc3c(-n5c6ccccc6c6ccccc65)cccc34)n2)cc1. The monoisotopic (exact) mass is 720 g/mol. The highest BCUT2D eigenvalue weighted by atomic mass is 32.1. The lowest BCUT2D eigenvalue weighted by molar-refractivity contribution is 0.667. The van der Waals surface area contributed by atoms with Crippen LogP contribution in [-0.2, 0) is 0 Å². The third-order valence-corrected chi connectivity index (χ3v) is 12.0. The topological polar surface area (TPSA) is 56.7 Å². The van der Waals surface area contributed by atoms with Gasteiger partial charge in [-0.2, -0.15) is 0 Å². The lowest BCUT2D eigenvalue weighted by Crippen LogP contribution is -2.00. The van der Waals surface area contributed by atoms with Gasteiger partial charge in [0.15, 0.2) is 23.1 Å². The standard InChI is InChI=1S/C49H28N4OS/c1-2-13-29(14-3-1)47-50-48(31-25-26-36-35-19-8-11-24-42(35)55-43(36)28-31)52-49(51-47)38-27-30-15-4-5-16-32(30)44-37-20-12-23-41(45(37)54-46(38)44)53-39-21-9-6-17-33(39)34-18-7-10-22-40(34)53/h1-28H. The highest BCUT2D eigenvalue weighted by molar-refractivity contribution is 7.25. The zero-order valence-electron chi connectivity index (χ0n) is 29.3. The average Bonchev–Trinajstić information content (AvgIpc) is 3.93. The van der Waals surface area contributed by atoms with Crippen LogP contribution in [0.15, 0.2) is 174 Å². The predicted molar refractivity (Wildman–Crippen MR) is 228 cm³/mol. The minimum Gasteiger partial charge on any atom is -0.453 e. The molecule has 0 saturated carbocycles. The van der Waals surface area contributed by atoms with Crippen LogP contribution in [0.2, 0.25) is 0 Å². The number of hydrogen-bond acceptors (Lipinski definition) is 5. The van der Waals surface area contributed by atoms with Gasteiger partial charge in [0.25, 0.3) is 0 Å². The molecule has 0 amide bonds. The van der Waals surface area contributed by atoms with Crippen LogP contribution in [0, 0.1) is 0 Å². The van der Waals surface area contributed by atoms with E-state index in [4.69, 9.17) is 19.4 Å². The normalized spacial score (nSPS) is 12.0. The molecule has 0 fully saturated rings. The minimum atomic E-state index is 0.563. The zero-order chi connectivity index (χ0) is 36.0. The van der Waals surface area contributed by atoms with Gasteiger partial charge in [-0.25, -0.2) is 15.0 Å². The van der Waals surface area contributed by atoms with Gasteiger partial charge in [0, 0.05) is 52.8 Å². The molecule has 0 N–H and O–H groups in total. The molecule has 0 aliphatic carbocycles. The van der Waals surface area contributed by atoms with Crippen molar-refractivity contribution in [3.8, 4) is 39.9 Å². The Balaban J connectivity index is 1.15. The van der Waals surface area contributed by atoms with Gasteiger partial charge in [-0.1, -0.05) is 133 Å². The van der Waals surface area contributed by atoms with Gasteiger partial charge in [-0.3, -0.25) is 0 Å². The van der Waals surface area contributed by atoms with Gasteiger partial charge in [0.1, 0.15) is 5.58 Å². The van der Waals surface area contributed by atoms with E-state index in [0.29, 0.717) is 17.5 Å². The fourth-order valence-electron chi connectivity index (χ4n) is 8.36. The molecule has 256 valence electrons. The molecule has 12 rings (SSSR count). The van der Waals surface area contributed by atoms with Gasteiger partial charge < -0.3 is 8.98 Å². The first kappa shape index (κ1) is 30.3. The molecule has 0 atom stereocenters. The highest BCUT2D eigenvalue weighted by Gasteiger charge is 2.23. The molecule has 5 nitrogen and oxygen atoms in total. The van der Waals surface area contributed by atoms with E-state index >= 15 is 0 Å². The van der Waals surface area contributed by atoms with Crippen LogP contribution in [0.4, 0.5) is 0 Å². The summed E-state index contributed by atoms with van der Waals surface area (Å²) in [5, 5.41) is 9.20. The first-order valence-corrected chi connectivity index (χ1v) is 19.2. The second kappa shape index (κ2) is 11.7. The van der Waals surface area contributed by atoms with E-state index in [0.717, 1.165) is 66.1 Å². The van der Waals surface area contributed by atoms with Gasteiger partial charge in [-0.15, -0.1) is 11.3 Å². The maximum Gasteiger partial charge on any atom is 0.167 e. The van der Waals surface area contributed by atoms with Crippen molar-refractivity contribution in [2.24, 2.45) is 0 Å². The van der Waals surface area contributed by atoms with Gasteiger partial charge in [0.2, 0.25) is 0 Å². The number of furan rings is 1. The number of rotatable bonds is 4. The smallest absolute Gasteiger partial charge is 0.167 e. The van der Waals surface area contributed by atoms with Crippen molar-refractivity contribution in [1.82, 2.24) is 19.5 Å². The number of thiophene rings is 1. The number of aromatic nitrogens is 4. The van der Waals surface area contributed by atoms with Crippen LogP contribution in [0.5, 0.6) is 0 Å². The Hall–Kier alpha value is -7.15. The number of para-hydroxylation sites is 3. The van der Waals surface area contributed by atoms with E-state index in [2.05, 4.69) is 144 Å².